The maximum absolute atomic E-state index is 5.74. The highest BCUT2D eigenvalue weighted by Crippen LogP contribution is 2.28. The normalized spacial score (nSPS) is 20.4. The maximum atomic E-state index is 5.74. The Labute approximate surface area is 101 Å². The molecule has 1 aliphatic carbocycles. The van der Waals surface area contributed by atoms with E-state index in [1.165, 1.54) is 58.0 Å². The monoisotopic (exact) mass is 226 g/mol. The molecule has 0 aromatic carbocycles. The summed E-state index contributed by atoms with van der Waals surface area (Å²) in [5.74, 6) is 1.85. The van der Waals surface area contributed by atoms with Gasteiger partial charge < -0.3 is 11.1 Å². The summed E-state index contributed by atoms with van der Waals surface area (Å²) in [7, 11) is 0. The van der Waals surface area contributed by atoms with E-state index >= 15 is 0 Å². The minimum Gasteiger partial charge on any atom is -0.328 e. The molecule has 0 aromatic heterocycles. The summed E-state index contributed by atoms with van der Waals surface area (Å²) in [4.78, 5) is 0. The third-order valence-electron chi connectivity index (χ3n) is 3.80. The van der Waals surface area contributed by atoms with E-state index in [0.29, 0.717) is 6.04 Å². The van der Waals surface area contributed by atoms with Crippen LogP contribution < -0.4 is 11.1 Å². The van der Waals surface area contributed by atoms with Crippen LogP contribution >= 0.6 is 0 Å². The lowest BCUT2D eigenvalue weighted by molar-refractivity contribution is 0.289. The largest absolute Gasteiger partial charge is 0.328 e. The topological polar surface area (TPSA) is 38.0 Å². The minimum absolute atomic E-state index is 0.374. The molecule has 0 aliphatic heterocycles. The zero-order chi connectivity index (χ0) is 11.8. The van der Waals surface area contributed by atoms with Crippen molar-refractivity contribution in [3.63, 3.8) is 0 Å². The van der Waals surface area contributed by atoms with Gasteiger partial charge in [0.25, 0.3) is 0 Å². The van der Waals surface area contributed by atoms with Gasteiger partial charge in [-0.2, -0.15) is 0 Å². The number of rotatable bonds is 9. The van der Waals surface area contributed by atoms with Crippen LogP contribution in [-0.4, -0.2) is 19.1 Å². The summed E-state index contributed by atoms with van der Waals surface area (Å²) in [6, 6.07) is 0.374. The van der Waals surface area contributed by atoms with E-state index in [-0.39, 0.29) is 0 Å². The minimum atomic E-state index is 0.374. The van der Waals surface area contributed by atoms with Crippen molar-refractivity contribution < 1.29 is 0 Å². The second kappa shape index (κ2) is 8.08. The van der Waals surface area contributed by atoms with Crippen LogP contribution in [-0.2, 0) is 0 Å². The molecule has 2 unspecified atom stereocenters. The summed E-state index contributed by atoms with van der Waals surface area (Å²) in [5, 5.41) is 3.59. The molecule has 2 atom stereocenters. The quantitative estimate of drug-likeness (QED) is 0.593. The van der Waals surface area contributed by atoms with Crippen LogP contribution in [0.3, 0.4) is 0 Å². The molecule has 1 rings (SSSR count). The lowest BCUT2D eigenvalue weighted by Gasteiger charge is -2.25. The molecular formula is C14H30N2. The van der Waals surface area contributed by atoms with E-state index in [1.54, 1.807) is 0 Å². The highest BCUT2D eigenvalue weighted by Gasteiger charge is 2.16. The molecule has 0 spiro atoms. The molecule has 1 aliphatic rings. The predicted octanol–water partition coefficient (Wildman–Crippen LogP) is 2.92. The molecule has 0 bridgehead atoms. The molecule has 1 fully saturated rings. The summed E-state index contributed by atoms with van der Waals surface area (Å²) < 4.78 is 0. The highest BCUT2D eigenvalue weighted by molar-refractivity contribution is 4.70. The van der Waals surface area contributed by atoms with Gasteiger partial charge in [-0.25, -0.2) is 0 Å². The first kappa shape index (κ1) is 14.0. The first-order valence-corrected chi connectivity index (χ1v) is 7.14. The third kappa shape index (κ3) is 6.49. The Hall–Kier alpha value is -0.0800. The lowest BCUT2D eigenvalue weighted by Crippen LogP contribution is -2.25. The fourth-order valence-corrected chi connectivity index (χ4v) is 2.33. The van der Waals surface area contributed by atoms with Crippen LogP contribution in [0.2, 0.25) is 0 Å². The van der Waals surface area contributed by atoms with E-state index in [1.807, 2.05) is 0 Å². The van der Waals surface area contributed by atoms with Crippen molar-refractivity contribution in [3.8, 4) is 0 Å². The van der Waals surface area contributed by atoms with Crippen molar-refractivity contribution in [1.29, 1.82) is 0 Å². The van der Waals surface area contributed by atoms with Gasteiger partial charge in [-0.3, -0.25) is 0 Å². The number of hydrogen-bond acceptors (Lipinski definition) is 2. The summed E-state index contributed by atoms with van der Waals surface area (Å²) in [6.07, 6.45) is 9.59. The Kier molecular flexibility index (Phi) is 7.06. The van der Waals surface area contributed by atoms with E-state index < -0.39 is 0 Å². The fourth-order valence-electron chi connectivity index (χ4n) is 2.33. The zero-order valence-electron chi connectivity index (χ0n) is 11.2. The van der Waals surface area contributed by atoms with Gasteiger partial charge in [-0.1, -0.05) is 32.6 Å². The van der Waals surface area contributed by atoms with Crippen molar-refractivity contribution in [2.45, 2.75) is 64.8 Å². The first-order chi connectivity index (χ1) is 7.68. The molecular weight excluding hydrogens is 196 g/mol. The molecule has 0 radical (unpaired) electrons. The third-order valence-corrected chi connectivity index (χ3v) is 3.80. The summed E-state index contributed by atoms with van der Waals surface area (Å²) >= 11 is 0. The van der Waals surface area contributed by atoms with Gasteiger partial charge in [0.2, 0.25) is 0 Å². The van der Waals surface area contributed by atoms with Crippen molar-refractivity contribution in [2.75, 3.05) is 13.1 Å². The van der Waals surface area contributed by atoms with Crippen molar-refractivity contribution in [2.24, 2.45) is 17.6 Å². The molecule has 1 saturated carbocycles. The van der Waals surface area contributed by atoms with Crippen LogP contribution in [0.15, 0.2) is 0 Å². The molecule has 3 N–H and O–H groups in total. The average molecular weight is 226 g/mol. The maximum Gasteiger partial charge on any atom is 0.00104 e. The van der Waals surface area contributed by atoms with Gasteiger partial charge in [0.1, 0.15) is 0 Å². The average Bonchev–Trinajstić information content (AvgIpc) is 2.14. The fraction of sp³-hybridized carbons (Fsp3) is 1.00. The standard InChI is InChI=1S/C14H30N2/c1-12(5-3-6-13(2)15)11-16-10-9-14-7-4-8-14/h12-14,16H,3-11,15H2,1-2H3. The first-order valence-electron chi connectivity index (χ1n) is 7.14. The summed E-state index contributed by atoms with van der Waals surface area (Å²) in [5.41, 5.74) is 5.74. The van der Waals surface area contributed by atoms with Crippen LogP contribution in [0, 0.1) is 11.8 Å². The highest BCUT2D eigenvalue weighted by atomic mass is 14.9. The number of hydrogen-bond donors (Lipinski definition) is 2. The molecule has 16 heavy (non-hydrogen) atoms. The second-order valence-corrected chi connectivity index (χ2v) is 5.80. The SMILES string of the molecule is CC(N)CCCC(C)CNCCC1CCC1. The molecule has 0 saturated heterocycles. The Balaban J connectivity index is 1.83. The number of nitrogens with one attached hydrogen (secondary N) is 1. The lowest BCUT2D eigenvalue weighted by atomic mass is 9.83. The van der Waals surface area contributed by atoms with Gasteiger partial charge in [0.15, 0.2) is 0 Å². The Morgan fingerprint density at radius 2 is 2.00 bits per heavy atom. The van der Waals surface area contributed by atoms with Crippen LogP contribution in [0.4, 0.5) is 0 Å². The number of nitrogens with two attached hydrogens (primary N) is 1. The van der Waals surface area contributed by atoms with Crippen molar-refractivity contribution in [1.82, 2.24) is 5.32 Å². The Morgan fingerprint density at radius 1 is 1.25 bits per heavy atom. The van der Waals surface area contributed by atoms with E-state index in [9.17, 15) is 0 Å². The second-order valence-electron chi connectivity index (χ2n) is 5.80. The summed E-state index contributed by atoms with van der Waals surface area (Å²) in [6.45, 7) is 6.85. The van der Waals surface area contributed by atoms with Crippen LogP contribution in [0.25, 0.3) is 0 Å². The predicted molar refractivity (Wildman–Crippen MR) is 71.5 cm³/mol. The van der Waals surface area contributed by atoms with Gasteiger partial charge in [0.05, 0.1) is 0 Å². The zero-order valence-corrected chi connectivity index (χ0v) is 11.2. The molecule has 2 nitrogen and oxygen atoms in total. The van der Waals surface area contributed by atoms with Crippen molar-refractivity contribution in [3.05, 3.63) is 0 Å². The van der Waals surface area contributed by atoms with Gasteiger partial charge in [-0.05, 0) is 51.1 Å². The molecule has 0 aromatic rings. The molecule has 0 heterocycles. The smallest absolute Gasteiger partial charge is 0.00104 e. The molecule has 2 heteroatoms. The van der Waals surface area contributed by atoms with Gasteiger partial charge >= 0.3 is 0 Å². The Morgan fingerprint density at radius 3 is 2.56 bits per heavy atom. The van der Waals surface area contributed by atoms with E-state index in [0.717, 1.165) is 11.8 Å². The van der Waals surface area contributed by atoms with Gasteiger partial charge in [0, 0.05) is 6.04 Å². The van der Waals surface area contributed by atoms with Crippen LogP contribution in [0.1, 0.15) is 58.8 Å². The molecule has 0 amide bonds. The molecule has 96 valence electrons. The van der Waals surface area contributed by atoms with Crippen molar-refractivity contribution >= 4 is 0 Å². The Bertz CT molecular complexity index is 164. The van der Waals surface area contributed by atoms with Gasteiger partial charge in [-0.15, -0.1) is 0 Å². The van der Waals surface area contributed by atoms with E-state index in [4.69, 9.17) is 5.73 Å². The van der Waals surface area contributed by atoms with Crippen LogP contribution in [0.5, 0.6) is 0 Å². The van der Waals surface area contributed by atoms with E-state index in [2.05, 4.69) is 19.2 Å².